The molecule has 2 amide bonds. The van der Waals surface area contributed by atoms with Crippen molar-refractivity contribution in [1.29, 1.82) is 0 Å². The summed E-state index contributed by atoms with van der Waals surface area (Å²) in [5.74, 6) is 0.555. The third-order valence-electron chi connectivity index (χ3n) is 3.91. The van der Waals surface area contributed by atoms with Gasteiger partial charge >= 0.3 is 0 Å². The van der Waals surface area contributed by atoms with E-state index in [-0.39, 0.29) is 30.4 Å². The molecule has 0 aliphatic carbocycles. The highest BCUT2D eigenvalue weighted by atomic mass is 16.6. The Labute approximate surface area is 156 Å². The van der Waals surface area contributed by atoms with Crippen LogP contribution in [0.1, 0.15) is 30.1 Å². The zero-order chi connectivity index (χ0) is 19.2. The number of Topliss-reactive ketones (excluding diaryl/α,β-unsaturated/α-hetero) is 1. The predicted octanol–water partition coefficient (Wildman–Crippen LogP) is 3.02. The van der Waals surface area contributed by atoms with Gasteiger partial charge in [0.2, 0.25) is 11.8 Å². The highest BCUT2D eigenvalue weighted by Crippen LogP contribution is 2.31. The summed E-state index contributed by atoms with van der Waals surface area (Å²) >= 11 is 0. The van der Waals surface area contributed by atoms with Crippen LogP contribution < -0.4 is 20.1 Å². The van der Waals surface area contributed by atoms with Crippen molar-refractivity contribution in [3.8, 4) is 11.5 Å². The van der Waals surface area contributed by atoms with Gasteiger partial charge in [0.15, 0.2) is 17.3 Å². The van der Waals surface area contributed by atoms with Crippen LogP contribution in [0.25, 0.3) is 0 Å². The van der Waals surface area contributed by atoms with Crippen LogP contribution in [0.5, 0.6) is 11.5 Å². The van der Waals surface area contributed by atoms with Crippen LogP contribution in [0.2, 0.25) is 0 Å². The van der Waals surface area contributed by atoms with E-state index >= 15 is 0 Å². The Bertz CT molecular complexity index is 878. The molecule has 7 heteroatoms. The monoisotopic (exact) mass is 368 g/mol. The van der Waals surface area contributed by atoms with Crippen molar-refractivity contribution in [3.05, 3.63) is 48.0 Å². The van der Waals surface area contributed by atoms with Gasteiger partial charge in [0.25, 0.3) is 0 Å². The average molecular weight is 368 g/mol. The molecule has 0 atom stereocenters. The van der Waals surface area contributed by atoms with Crippen LogP contribution in [-0.2, 0) is 9.59 Å². The Morgan fingerprint density at radius 2 is 1.59 bits per heavy atom. The van der Waals surface area contributed by atoms with Crippen LogP contribution in [0.15, 0.2) is 42.5 Å². The lowest BCUT2D eigenvalue weighted by Gasteiger charge is -2.18. The van der Waals surface area contributed by atoms with E-state index < -0.39 is 0 Å². The normalized spacial score (nSPS) is 12.2. The molecule has 2 aromatic carbocycles. The molecule has 2 N–H and O–H groups in total. The van der Waals surface area contributed by atoms with Crippen molar-refractivity contribution in [3.63, 3.8) is 0 Å². The molecule has 2 aromatic rings. The third-order valence-corrected chi connectivity index (χ3v) is 3.91. The summed E-state index contributed by atoms with van der Waals surface area (Å²) in [5, 5.41) is 5.37. The van der Waals surface area contributed by atoms with Gasteiger partial charge in [-0.2, -0.15) is 0 Å². The molecule has 0 bridgehead atoms. The Morgan fingerprint density at radius 3 is 2.33 bits per heavy atom. The summed E-state index contributed by atoms with van der Waals surface area (Å²) < 4.78 is 10.9. The molecule has 0 aromatic heterocycles. The molecule has 0 unspecified atom stereocenters. The molecule has 0 saturated heterocycles. The number of nitrogens with one attached hydrogen (secondary N) is 2. The van der Waals surface area contributed by atoms with Crippen LogP contribution in [-0.4, -0.2) is 30.8 Å². The van der Waals surface area contributed by atoms with Gasteiger partial charge < -0.3 is 20.1 Å². The second-order valence-electron chi connectivity index (χ2n) is 6.09. The number of amides is 2. The van der Waals surface area contributed by atoms with Crippen molar-refractivity contribution in [2.75, 3.05) is 23.8 Å². The fourth-order valence-corrected chi connectivity index (χ4v) is 2.69. The van der Waals surface area contributed by atoms with Gasteiger partial charge in [0.1, 0.15) is 13.2 Å². The fourth-order valence-electron chi connectivity index (χ4n) is 2.69. The number of rotatable bonds is 6. The molecular formula is C20H20N2O5. The van der Waals surface area contributed by atoms with E-state index in [4.69, 9.17) is 9.47 Å². The highest BCUT2D eigenvalue weighted by molar-refractivity contribution is 6.00. The smallest absolute Gasteiger partial charge is 0.224 e. The summed E-state index contributed by atoms with van der Waals surface area (Å²) in [5.41, 5.74) is 1.63. The molecule has 7 nitrogen and oxygen atoms in total. The number of carbonyl (C=O) groups excluding carboxylic acids is 3. The van der Waals surface area contributed by atoms with Gasteiger partial charge in [0.05, 0.1) is 0 Å². The summed E-state index contributed by atoms with van der Waals surface area (Å²) in [4.78, 5) is 35.6. The lowest BCUT2D eigenvalue weighted by molar-refractivity contribution is -0.116. The lowest BCUT2D eigenvalue weighted by Crippen LogP contribution is -2.16. The maximum absolute atomic E-state index is 12.3. The summed E-state index contributed by atoms with van der Waals surface area (Å²) in [6.07, 6.45) is 0.133. The van der Waals surface area contributed by atoms with Crippen LogP contribution in [0.4, 0.5) is 11.4 Å². The number of fused-ring (bicyclic) bond motifs is 1. The van der Waals surface area contributed by atoms with E-state index in [1.807, 2.05) is 0 Å². The first-order chi connectivity index (χ1) is 13.0. The number of anilines is 2. The second-order valence-corrected chi connectivity index (χ2v) is 6.09. The summed E-state index contributed by atoms with van der Waals surface area (Å²) in [6, 6.07) is 11.8. The quantitative estimate of drug-likeness (QED) is 0.765. The second kappa shape index (κ2) is 8.35. The highest BCUT2D eigenvalue weighted by Gasteiger charge is 2.16. The number of benzene rings is 2. The van der Waals surface area contributed by atoms with Gasteiger partial charge in [-0.25, -0.2) is 0 Å². The molecule has 3 rings (SSSR count). The van der Waals surface area contributed by atoms with E-state index in [0.29, 0.717) is 41.7 Å². The first-order valence-electron chi connectivity index (χ1n) is 8.61. The largest absolute Gasteiger partial charge is 0.486 e. The molecule has 0 fully saturated rings. The summed E-state index contributed by atoms with van der Waals surface area (Å²) in [6.45, 7) is 2.35. The first kappa shape index (κ1) is 18.4. The van der Waals surface area contributed by atoms with Crippen LogP contribution in [0.3, 0.4) is 0 Å². The third kappa shape index (κ3) is 5.07. The fraction of sp³-hybridized carbons (Fsp3) is 0.250. The minimum atomic E-state index is -0.277. The number of hydrogen-bond donors (Lipinski definition) is 2. The molecule has 0 spiro atoms. The van der Waals surface area contributed by atoms with Crippen LogP contribution in [0, 0.1) is 0 Å². The summed E-state index contributed by atoms with van der Waals surface area (Å²) in [7, 11) is 0. The lowest BCUT2D eigenvalue weighted by atomic mass is 10.1. The maximum atomic E-state index is 12.3. The van der Waals surface area contributed by atoms with Gasteiger partial charge in [-0.15, -0.1) is 0 Å². The zero-order valence-electron chi connectivity index (χ0n) is 14.9. The van der Waals surface area contributed by atoms with E-state index in [1.165, 1.54) is 6.92 Å². The van der Waals surface area contributed by atoms with Crippen molar-refractivity contribution in [2.24, 2.45) is 0 Å². The zero-order valence-corrected chi connectivity index (χ0v) is 14.9. The number of hydrogen-bond acceptors (Lipinski definition) is 5. The molecule has 0 saturated carbocycles. The minimum absolute atomic E-state index is 0.0532. The number of ether oxygens (including phenoxy) is 2. The molecule has 1 aliphatic heterocycles. The van der Waals surface area contributed by atoms with E-state index in [9.17, 15) is 14.4 Å². The van der Waals surface area contributed by atoms with E-state index in [1.54, 1.807) is 42.5 Å². The Balaban J connectivity index is 1.54. The standard InChI is InChI=1S/C20H20N2O5/c1-13(23)21-15-3-2-4-16(12-15)22-20(25)8-6-17(24)14-5-7-18-19(11-14)27-10-9-26-18/h2-5,7,11-12H,6,8-10H2,1H3,(H,21,23)(H,22,25). The SMILES string of the molecule is CC(=O)Nc1cccc(NC(=O)CCC(=O)c2ccc3c(c2)OCCO3)c1. The average Bonchev–Trinajstić information content (AvgIpc) is 2.65. The van der Waals surface area contributed by atoms with Crippen molar-refractivity contribution >= 4 is 29.0 Å². The Morgan fingerprint density at radius 1 is 0.889 bits per heavy atom. The molecule has 27 heavy (non-hydrogen) atoms. The topological polar surface area (TPSA) is 93.7 Å². The predicted molar refractivity (Wildman–Crippen MR) is 100 cm³/mol. The van der Waals surface area contributed by atoms with Crippen molar-refractivity contribution < 1.29 is 23.9 Å². The van der Waals surface area contributed by atoms with Gasteiger partial charge in [0, 0.05) is 36.7 Å². The number of ketones is 1. The minimum Gasteiger partial charge on any atom is -0.486 e. The Hall–Kier alpha value is -3.35. The van der Waals surface area contributed by atoms with Crippen LogP contribution >= 0.6 is 0 Å². The maximum Gasteiger partial charge on any atom is 0.224 e. The number of carbonyl (C=O) groups is 3. The first-order valence-corrected chi connectivity index (χ1v) is 8.61. The van der Waals surface area contributed by atoms with Crippen molar-refractivity contribution in [2.45, 2.75) is 19.8 Å². The van der Waals surface area contributed by atoms with Gasteiger partial charge in [-0.1, -0.05) is 6.07 Å². The Kier molecular flexibility index (Phi) is 5.71. The van der Waals surface area contributed by atoms with Gasteiger partial charge in [-0.3, -0.25) is 14.4 Å². The molecule has 1 heterocycles. The molecular weight excluding hydrogens is 348 g/mol. The molecule has 0 radical (unpaired) electrons. The van der Waals surface area contributed by atoms with E-state index in [0.717, 1.165) is 0 Å². The van der Waals surface area contributed by atoms with Crippen molar-refractivity contribution in [1.82, 2.24) is 0 Å². The van der Waals surface area contributed by atoms with Gasteiger partial charge in [-0.05, 0) is 36.4 Å². The molecule has 1 aliphatic rings. The van der Waals surface area contributed by atoms with E-state index in [2.05, 4.69) is 10.6 Å². The molecule has 140 valence electrons.